The van der Waals surface area contributed by atoms with Gasteiger partial charge in [-0.3, -0.25) is 9.59 Å². The van der Waals surface area contributed by atoms with E-state index in [2.05, 4.69) is 4.72 Å². The SMILES string of the molecule is CC(=O)N1CCC2C(CNS(C)(=O)=O)=C(C(=O)[O-])N3C(=O)[C@@H]1[C@@H]23.[Na+]. The Morgan fingerprint density at radius 2 is 2.00 bits per heavy atom. The molecule has 24 heavy (non-hydrogen) atoms. The number of nitrogens with zero attached hydrogens (tertiary/aromatic N) is 2. The van der Waals surface area contributed by atoms with Crippen molar-refractivity contribution in [3.05, 3.63) is 11.3 Å². The number of β-lactam (4-membered cyclic amide) rings is 1. The van der Waals surface area contributed by atoms with Crippen molar-refractivity contribution in [1.29, 1.82) is 0 Å². The Balaban J connectivity index is 0.00000208. The van der Waals surface area contributed by atoms with Gasteiger partial charge in [0.15, 0.2) is 0 Å². The quantitative estimate of drug-likeness (QED) is 0.390. The molecule has 0 saturated carbocycles. The molecular weight excluding hydrogens is 349 g/mol. The number of carboxylic acid groups (broad SMARTS) is 1. The van der Waals surface area contributed by atoms with E-state index in [4.69, 9.17) is 0 Å². The van der Waals surface area contributed by atoms with Crippen molar-refractivity contribution in [3.8, 4) is 0 Å². The summed E-state index contributed by atoms with van der Waals surface area (Å²) in [4.78, 5) is 38.0. The van der Waals surface area contributed by atoms with E-state index >= 15 is 0 Å². The van der Waals surface area contributed by atoms with Gasteiger partial charge in [-0.2, -0.15) is 0 Å². The number of likely N-dealkylation sites (tertiary alicyclic amines) is 1. The molecule has 0 aromatic carbocycles. The number of carboxylic acids is 1. The third-order valence-electron chi connectivity index (χ3n) is 4.66. The maximum atomic E-state index is 12.3. The van der Waals surface area contributed by atoms with Crippen LogP contribution >= 0.6 is 0 Å². The first-order chi connectivity index (χ1) is 10.6. The molecule has 0 bridgehead atoms. The number of sulfonamides is 1. The van der Waals surface area contributed by atoms with Gasteiger partial charge >= 0.3 is 29.6 Å². The zero-order chi connectivity index (χ0) is 17.1. The average Bonchev–Trinajstić information content (AvgIpc) is 2.75. The van der Waals surface area contributed by atoms with Gasteiger partial charge in [-0.05, 0) is 12.0 Å². The monoisotopic (exact) mass is 365 g/mol. The molecule has 1 unspecified atom stereocenters. The first kappa shape index (κ1) is 19.4. The van der Waals surface area contributed by atoms with Gasteiger partial charge in [-0.1, -0.05) is 0 Å². The zero-order valence-corrected chi connectivity index (χ0v) is 16.4. The number of hydrogen-bond acceptors (Lipinski definition) is 6. The van der Waals surface area contributed by atoms with Gasteiger partial charge in [0.25, 0.3) is 5.91 Å². The van der Waals surface area contributed by atoms with Gasteiger partial charge in [-0.15, -0.1) is 0 Å². The fourth-order valence-corrected chi connectivity index (χ4v) is 4.19. The third kappa shape index (κ3) is 2.90. The molecule has 0 aromatic heterocycles. The van der Waals surface area contributed by atoms with E-state index in [0.29, 0.717) is 18.5 Å². The molecule has 3 heterocycles. The molecule has 3 atom stereocenters. The first-order valence-electron chi connectivity index (χ1n) is 7.13. The van der Waals surface area contributed by atoms with E-state index in [9.17, 15) is 27.9 Å². The predicted octanol–water partition coefficient (Wildman–Crippen LogP) is -5.99. The summed E-state index contributed by atoms with van der Waals surface area (Å²) in [5.74, 6) is -2.48. The topological polar surface area (TPSA) is 127 Å². The van der Waals surface area contributed by atoms with Crippen molar-refractivity contribution < 1.29 is 57.5 Å². The molecule has 126 valence electrons. The van der Waals surface area contributed by atoms with Gasteiger partial charge in [-0.25, -0.2) is 13.1 Å². The normalized spacial score (nSPS) is 28.2. The summed E-state index contributed by atoms with van der Waals surface area (Å²) < 4.78 is 24.9. The fourth-order valence-electron chi connectivity index (χ4n) is 3.78. The van der Waals surface area contributed by atoms with E-state index in [1.807, 2.05) is 0 Å². The summed E-state index contributed by atoms with van der Waals surface area (Å²) in [6.45, 7) is 1.52. The minimum Gasteiger partial charge on any atom is -0.543 e. The minimum atomic E-state index is -3.51. The van der Waals surface area contributed by atoms with Crippen LogP contribution in [0.1, 0.15) is 13.3 Å². The number of hydrogen-bond donors (Lipinski definition) is 1. The van der Waals surface area contributed by atoms with Crippen LogP contribution in [0.2, 0.25) is 0 Å². The number of piperidine rings is 1. The molecule has 1 N–H and O–H groups in total. The number of carbonyl (C=O) groups is 3. The molecule has 2 saturated heterocycles. The Hall–Kier alpha value is -0.940. The largest absolute Gasteiger partial charge is 1.00 e. The summed E-state index contributed by atoms with van der Waals surface area (Å²) >= 11 is 0. The van der Waals surface area contributed by atoms with E-state index in [1.54, 1.807) is 0 Å². The van der Waals surface area contributed by atoms with Crippen LogP contribution in [0.3, 0.4) is 0 Å². The van der Waals surface area contributed by atoms with Crippen molar-refractivity contribution in [2.45, 2.75) is 25.4 Å². The van der Waals surface area contributed by atoms with Crippen LogP contribution in [0, 0.1) is 5.92 Å². The number of carbonyl (C=O) groups excluding carboxylic acids is 3. The maximum absolute atomic E-state index is 12.3. The molecule has 0 aliphatic carbocycles. The first-order valence-corrected chi connectivity index (χ1v) is 9.02. The second kappa shape index (κ2) is 6.41. The molecule has 0 spiro atoms. The fraction of sp³-hybridized carbons (Fsp3) is 0.615. The van der Waals surface area contributed by atoms with Crippen LogP contribution in [0.5, 0.6) is 0 Å². The Morgan fingerprint density at radius 3 is 2.50 bits per heavy atom. The molecule has 3 rings (SSSR count). The minimum absolute atomic E-state index is 0. The molecule has 3 aliphatic rings. The molecule has 2 amide bonds. The molecule has 2 fully saturated rings. The molecule has 3 aliphatic heterocycles. The van der Waals surface area contributed by atoms with Crippen LogP contribution in [-0.2, 0) is 24.4 Å². The standard InChI is InChI=1S/C13H17N3O6S.Na/c1-6(17)15-4-3-7-8(5-14-23(2,21)22)10(13(19)20)16-9(7)11(15)12(16)18;/h7,9,11,14H,3-5H2,1-2H3,(H,19,20);/q;+1/p-1/t7?,9-,11+;/m1./s1. The summed E-state index contributed by atoms with van der Waals surface area (Å²) in [5, 5.41) is 11.5. The van der Waals surface area contributed by atoms with E-state index in [1.165, 1.54) is 11.8 Å². The molecular formula is C13H16N3NaO6S. The van der Waals surface area contributed by atoms with Gasteiger partial charge in [0.05, 0.1) is 24.0 Å². The Kier molecular flexibility index (Phi) is 5.18. The maximum Gasteiger partial charge on any atom is 1.00 e. The smallest absolute Gasteiger partial charge is 0.543 e. The van der Waals surface area contributed by atoms with Crippen LogP contribution in [-0.4, -0.2) is 67.4 Å². The molecule has 0 aromatic rings. The Morgan fingerprint density at radius 1 is 1.38 bits per heavy atom. The number of amides is 2. The van der Waals surface area contributed by atoms with Gasteiger partial charge in [0.1, 0.15) is 6.04 Å². The second-order valence-electron chi connectivity index (χ2n) is 6.01. The van der Waals surface area contributed by atoms with Crippen molar-refractivity contribution in [3.63, 3.8) is 0 Å². The predicted molar refractivity (Wildman–Crippen MR) is 74.8 cm³/mol. The van der Waals surface area contributed by atoms with Gasteiger partial charge in [0, 0.05) is 25.9 Å². The molecule has 9 nitrogen and oxygen atoms in total. The van der Waals surface area contributed by atoms with Crippen LogP contribution in [0.4, 0.5) is 0 Å². The molecule has 0 radical (unpaired) electrons. The van der Waals surface area contributed by atoms with Gasteiger partial charge < -0.3 is 19.7 Å². The van der Waals surface area contributed by atoms with Crippen LogP contribution in [0.25, 0.3) is 0 Å². The second-order valence-corrected chi connectivity index (χ2v) is 7.84. The number of nitrogens with one attached hydrogen (secondary N) is 1. The Bertz CT molecular complexity index is 749. The van der Waals surface area contributed by atoms with E-state index in [0.717, 1.165) is 11.2 Å². The van der Waals surface area contributed by atoms with Crippen molar-refractivity contribution in [2.75, 3.05) is 19.3 Å². The number of aliphatic carboxylic acids is 1. The summed E-state index contributed by atoms with van der Waals surface area (Å²) in [5.41, 5.74) is 0.0854. The summed E-state index contributed by atoms with van der Waals surface area (Å²) in [6, 6.07) is -1.11. The average molecular weight is 365 g/mol. The van der Waals surface area contributed by atoms with E-state index < -0.39 is 34.0 Å². The van der Waals surface area contributed by atoms with Crippen molar-refractivity contribution >= 4 is 27.8 Å². The summed E-state index contributed by atoms with van der Waals surface area (Å²) in [7, 11) is -3.51. The van der Waals surface area contributed by atoms with Crippen molar-refractivity contribution in [2.24, 2.45) is 5.92 Å². The van der Waals surface area contributed by atoms with E-state index in [-0.39, 0.29) is 53.6 Å². The van der Waals surface area contributed by atoms with Crippen LogP contribution in [0.15, 0.2) is 11.3 Å². The van der Waals surface area contributed by atoms with Crippen molar-refractivity contribution in [1.82, 2.24) is 14.5 Å². The number of rotatable bonds is 4. The molecule has 11 heteroatoms. The van der Waals surface area contributed by atoms with Gasteiger partial charge in [0.2, 0.25) is 15.9 Å². The van der Waals surface area contributed by atoms with Crippen LogP contribution < -0.4 is 39.4 Å². The summed E-state index contributed by atoms with van der Waals surface area (Å²) in [6.07, 6.45) is 1.45. The third-order valence-corrected chi connectivity index (χ3v) is 5.33. The zero-order valence-electron chi connectivity index (χ0n) is 13.6. The Labute approximate surface area is 161 Å².